The second-order valence-electron chi connectivity index (χ2n) is 5.09. The fourth-order valence-electron chi connectivity index (χ4n) is 2.41. The van der Waals surface area contributed by atoms with Gasteiger partial charge >= 0.3 is 13.5 Å². The van der Waals surface area contributed by atoms with Crippen molar-refractivity contribution in [1.29, 1.82) is 0 Å². The molecule has 4 atom stereocenters. The second-order valence-corrected chi connectivity index (χ2v) is 6.33. The number of phosphoric acid groups is 1. The molecule has 1 saturated heterocycles. The highest BCUT2D eigenvalue weighted by atomic mass is 31.2. The Labute approximate surface area is 137 Å². The summed E-state index contributed by atoms with van der Waals surface area (Å²) in [6, 6.07) is 0. The number of aromatic amines is 2. The SMILES string of the molecule is N.O=c1[nH]c(=O)c2ncn([C@@H]3O[C@H](COP(=O)(O)O)[C@@H](O)[C@H]3O)c2[nH]1. The number of H-pyrrole nitrogens is 2. The fraction of sp³-hybridized carbons (Fsp3) is 0.500. The molecule has 25 heavy (non-hydrogen) atoms. The van der Waals surface area contributed by atoms with E-state index in [9.17, 15) is 24.4 Å². The van der Waals surface area contributed by atoms with E-state index in [4.69, 9.17) is 14.5 Å². The average molecular weight is 381 g/mol. The van der Waals surface area contributed by atoms with Crippen LogP contribution < -0.4 is 17.4 Å². The third-order valence-corrected chi connectivity index (χ3v) is 3.97. The summed E-state index contributed by atoms with van der Waals surface area (Å²) in [5, 5.41) is 20.0. The zero-order valence-corrected chi connectivity index (χ0v) is 13.4. The smallest absolute Gasteiger partial charge is 0.387 e. The molecule has 0 amide bonds. The number of rotatable bonds is 4. The van der Waals surface area contributed by atoms with Gasteiger partial charge in [-0.25, -0.2) is 14.3 Å². The number of aromatic nitrogens is 4. The van der Waals surface area contributed by atoms with Crippen molar-refractivity contribution in [3.63, 3.8) is 0 Å². The van der Waals surface area contributed by atoms with Gasteiger partial charge in [-0.2, -0.15) is 0 Å². The Kier molecular flexibility index (Phi) is 5.27. The zero-order valence-electron chi connectivity index (χ0n) is 12.5. The Hall–Kier alpha value is -1.90. The molecule has 2 aromatic heterocycles. The van der Waals surface area contributed by atoms with E-state index >= 15 is 0 Å². The number of aliphatic hydroxyl groups excluding tert-OH is 2. The first kappa shape index (κ1) is 19.4. The lowest BCUT2D eigenvalue weighted by Gasteiger charge is -2.16. The van der Waals surface area contributed by atoms with Crippen LogP contribution in [-0.4, -0.2) is 64.4 Å². The van der Waals surface area contributed by atoms with Crippen molar-refractivity contribution >= 4 is 19.0 Å². The molecule has 1 fully saturated rings. The summed E-state index contributed by atoms with van der Waals surface area (Å²) in [7, 11) is -4.78. The van der Waals surface area contributed by atoms with Gasteiger partial charge in [0.1, 0.15) is 24.0 Å². The number of aliphatic hydroxyl groups is 2. The molecule has 9 N–H and O–H groups in total. The minimum atomic E-state index is -4.78. The Morgan fingerprint density at radius 3 is 2.60 bits per heavy atom. The van der Waals surface area contributed by atoms with Crippen LogP contribution in [0.5, 0.6) is 0 Å². The maximum Gasteiger partial charge on any atom is 0.469 e. The van der Waals surface area contributed by atoms with E-state index in [1.807, 2.05) is 4.98 Å². The maximum absolute atomic E-state index is 11.6. The van der Waals surface area contributed by atoms with Crippen LogP contribution in [0.15, 0.2) is 15.9 Å². The number of nitrogens with zero attached hydrogens (tertiary/aromatic N) is 2. The van der Waals surface area contributed by atoms with Crippen LogP contribution in [-0.2, 0) is 13.8 Å². The highest BCUT2D eigenvalue weighted by Crippen LogP contribution is 2.38. The lowest BCUT2D eigenvalue weighted by Crippen LogP contribution is -2.33. The molecule has 0 saturated carbocycles. The normalized spacial score (nSPS) is 26.7. The Morgan fingerprint density at radius 1 is 1.28 bits per heavy atom. The van der Waals surface area contributed by atoms with Crippen LogP contribution in [0.1, 0.15) is 6.23 Å². The average Bonchev–Trinajstić information content (AvgIpc) is 3.00. The van der Waals surface area contributed by atoms with E-state index in [0.717, 1.165) is 10.9 Å². The third kappa shape index (κ3) is 3.70. The van der Waals surface area contributed by atoms with Crippen LogP contribution >= 0.6 is 7.82 Å². The molecule has 3 heterocycles. The van der Waals surface area contributed by atoms with Crippen molar-refractivity contribution in [2.45, 2.75) is 24.5 Å². The Morgan fingerprint density at radius 2 is 1.96 bits per heavy atom. The monoisotopic (exact) mass is 381 g/mol. The Balaban J connectivity index is 0.00000225. The molecule has 0 bridgehead atoms. The van der Waals surface area contributed by atoms with Gasteiger partial charge in [-0.15, -0.1) is 0 Å². The summed E-state index contributed by atoms with van der Waals surface area (Å²) in [5.41, 5.74) is -1.71. The third-order valence-electron chi connectivity index (χ3n) is 3.49. The van der Waals surface area contributed by atoms with Crippen molar-refractivity contribution in [2.24, 2.45) is 0 Å². The van der Waals surface area contributed by atoms with E-state index in [-0.39, 0.29) is 17.3 Å². The molecular formula is C10H16N5O9P. The molecule has 3 rings (SSSR count). The van der Waals surface area contributed by atoms with E-state index in [0.29, 0.717) is 0 Å². The maximum atomic E-state index is 11.6. The second kappa shape index (κ2) is 6.78. The van der Waals surface area contributed by atoms with Crippen LogP contribution in [0.2, 0.25) is 0 Å². The molecule has 14 nitrogen and oxygen atoms in total. The van der Waals surface area contributed by atoms with Gasteiger partial charge in [0.15, 0.2) is 11.7 Å². The first-order valence-electron chi connectivity index (χ1n) is 6.58. The fourth-order valence-corrected chi connectivity index (χ4v) is 2.75. The number of fused-ring (bicyclic) bond motifs is 1. The molecule has 1 aliphatic rings. The van der Waals surface area contributed by atoms with Gasteiger partial charge in [-0.05, 0) is 0 Å². The Bertz CT molecular complexity index is 915. The molecule has 1 aliphatic heterocycles. The van der Waals surface area contributed by atoms with Crippen LogP contribution in [0.25, 0.3) is 11.2 Å². The van der Waals surface area contributed by atoms with Crippen LogP contribution in [0.4, 0.5) is 0 Å². The molecule has 2 aromatic rings. The molecule has 0 radical (unpaired) electrons. The first-order chi connectivity index (χ1) is 11.2. The summed E-state index contributed by atoms with van der Waals surface area (Å²) < 4.78 is 21.4. The molecule has 0 aliphatic carbocycles. The van der Waals surface area contributed by atoms with Crippen molar-refractivity contribution in [2.75, 3.05) is 6.61 Å². The summed E-state index contributed by atoms with van der Waals surface area (Å²) in [6.45, 7) is -0.678. The molecular weight excluding hydrogens is 365 g/mol. The topological polar surface area (TPSA) is 235 Å². The van der Waals surface area contributed by atoms with E-state index in [1.165, 1.54) is 0 Å². The van der Waals surface area contributed by atoms with Gasteiger partial charge < -0.3 is 30.9 Å². The molecule has 140 valence electrons. The lowest BCUT2D eigenvalue weighted by molar-refractivity contribution is -0.0504. The number of hydrogen-bond donors (Lipinski definition) is 7. The van der Waals surface area contributed by atoms with E-state index < -0.39 is 50.2 Å². The minimum Gasteiger partial charge on any atom is -0.387 e. The van der Waals surface area contributed by atoms with Gasteiger partial charge in [0.05, 0.1) is 12.9 Å². The zero-order chi connectivity index (χ0) is 17.6. The van der Waals surface area contributed by atoms with Gasteiger partial charge in [-0.3, -0.25) is 23.9 Å². The summed E-state index contributed by atoms with van der Waals surface area (Å²) in [4.78, 5) is 48.5. The molecule has 0 unspecified atom stereocenters. The highest BCUT2D eigenvalue weighted by Gasteiger charge is 2.45. The molecule has 0 aromatic carbocycles. The lowest BCUT2D eigenvalue weighted by atomic mass is 10.1. The van der Waals surface area contributed by atoms with Gasteiger partial charge in [-0.1, -0.05) is 0 Å². The van der Waals surface area contributed by atoms with Gasteiger partial charge in [0, 0.05) is 0 Å². The van der Waals surface area contributed by atoms with Gasteiger partial charge in [0.2, 0.25) is 0 Å². The van der Waals surface area contributed by atoms with Crippen molar-refractivity contribution < 1.29 is 33.8 Å². The number of phosphoric ester groups is 1. The van der Waals surface area contributed by atoms with E-state index in [1.54, 1.807) is 0 Å². The predicted molar refractivity (Wildman–Crippen MR) is 79.9 cm³/mol. The molecule has 15 heteroatoms. The number of nitrogens with one attached hydrogen (secondary N) is 2. The van der Waals surface area contributed by atoms with Crippen molar-refractivity contribution in [1.82, 2.24) is 25.7 Å². The van der Waals surface area contributed by atoms with Crippen molar-refractivity contribution in [3.8, 4) is 0 Å². The largest absolute Gasteiger partial charge is 0.469 e. The number of ether oxygens (including phenoxy) is 1. The van der Waals surface area contributed by atoms with Crippen molar-refractivity contribution in [3.05, 3.63) is 27.2 Å². The minimum absolute atomic E-state index is 0. The number of imidazole rings is 1. The summed E-state index contributed by atoms with van der Waals surface area (Å²) in [5.74, 6) is 0. The first-order valence-corrected chi connectivity index (χ1v) is 8.11. The number of hydrogen-bond acceptors (Lipinski definition) is 9. The molecule has 0 spiro atoms. The van der Waals surface area contributed by atoms with E-state index in [2.05, 4.69) is 14.5 Å². The van der Waals surface area contributed by atoms with Gasteiger partial charge in [0.25, 0.3) is 5.56 Å². The summed E-state index contributed by atoms with van der Waals surface area (Å²) in [6.07, 6.45) is -4.43. The van der Waals surface area contributed by atoms with Crippen LogP contribution in [0.3, 0.4) is 0 Å². The predicted octanol–water partition coefficient (Wildman–Crippen LogP) is -2.70. The van der Waals surface area contributed by atoms with Crippen LogP contribution in [0, 0.1) is 0 Å². The highest BCUT2D eigenvalue weighted by molar-refractivity contribution is 7.46. The quantitative estimate of drug-likeness (QED) is 0.269. The standard InChI is InChI=1S/C10H13N4O9P.H3N/c15-5-3(1-22-24(19,20)21)23-9(6(5)16)14-2-11-4-7(14)12-10(18)13-8(4)17;/h2-3,5-6,9,15-16H,1H2,(H2,19,20,21)(H2,12,13,17,18);1H3/t3-,5-,6-,9-;/m1./s1. The summed E-state index contributed by atoms with van der Waals surface area (Å²) >= 11 is 0.